The van der Waals surface area contributed by atoms with E-state index in [1.165, 1.54) is 5.56 Å². The maximum atomic E-state index is 11.8. The molecule has 110 valence electrons. The molecule has 20 heavy (non-hydrogen) atoms. The summed E-state index contributed by atoms with van der Waals surface area (Å²) in [6.45, 7) is 4.77. The van der Waals surface area contributed by atoms with Crippen molar-refractivity contribution in [2.45, 2.75) is 32.4 Å². The van der Waals surface area contributed by atoms with Crippen LogP contribution in [0.15, 0.2) is 22.7 Å². The molecule has 1 amide bonds. The van der Waals surface area contributed by atoms with Crippen LogP contribution in [0.2, 0.25) is 0 Å². The first kappa shape index (κ1) is 15.3. The molecular formula is C15H21BrN2O2. The van der Waals surface area contributed by atoms with Crippen LogP contribution in [0, 0.1) is 0 Å². The molecule has 1 aliphatic heterocycles. The van der Waals surface area contributed by atoms with E-state index in [2.05, 4.69) is 28.2 Å². The summed E-state index contributed by atoms with van der Waals surface area (Å²) in [5.74, 6) is 0.795. The number of rotatable bonds is 6. The fraction of sp³-hybridized carbons (Fsp3) is 0.533. The van der Waals surface area contributed by atoms with Crippen molar-refractivity contribution in [1.82, 2.24) is 10.2 Å². The van der Waals surface area contributed by atoms with Gasteiger partial charge in [-0.25, -0.2) is 0 Å². The smallest absolute Gasteiger partial charge is 0.263 e. The highest BCUT2D eigenvalue weighted by Crippen LogP contribution is 2.28. The van der Waals surface area contributed by atoms with Crippen LogP contribution in [-0.4, -0.2) is 37.0 Å². The van der Waals surface area contributed by atoms with Gasteiger partial charge in [-0.3, -0.25) is 4.79 Å². The van der Waals surface area contributed by atoms with Gasteiger partial charge in [0.1, 0.15) is 5.75 Å². The number of carbonyl (C=O) groups excluding carboxylic acids is 1. The van der Waals surface area contributed by atoms with Gasteiger partial charge >= 0.3 is 0 Å². The Balaban J connectivity index is 1.97. The van der Waals surface area contributed by atoms with E-state index in [-0.39, 0.29) is 12.0 Å². The number of carbonyl (C=O) groups is 1. The Bertz CT molecular complexity index is 479. The van der Waals surface area contributed by atoms with E-state index in [0.717, 1.165) is 42.7 Å². The Morgan fingerprint density at radius 3 is 2.90 bits per heavy atom. The van der Waals surface area contributed by atoms with Crippen molar-refractivity contribution in [3.63, 3.8) is 0 Å². The highest BCUT2D eigenvalue weighted by molar-refractivity contribution is 9.10. The zero-order valence-electron chi connectivity index (χ0n) is 12.0. The standard InChI is InChI=1S/C15H21BrN2O2/c1-3-7-17-10-11-4-5-13(12(16)9-11)20-14-6-8-18(2)15(14)19/h4-5,9,14,17H,3,6-8,10H2,1-2H3. The maximum absolute atomic E-state index is 11.8. The zero-order chi connectivity index (χ0) is 14.5. The Morgan fingerprint density at radius 1 is 1.50 bits per heavy atom. The van der Waals surface area contributed by atoms with Gasteiger partial charge in [-0.15, -0.1) is 0 Å². The number of amides is 1. The molecule has 0 bridgehead atoms. The largest absolute Gasteiger partial charge is 0.479 e. The van der Waals surface area contributed by atoms with Crippen LogP contribution in [0.25, 0.3) is 0 Å². The molecule has 1 aliphatic rings. The van der Waals surface area contributed by atoms with Crippen molar-refractivity contribution in [3.8, 4) is 5.75 Å². The molecule has 5 heteroatoms. The lowest BCUT2D eigenvalue weighted by molar-refractivity contribution is -0.132. The Hall–Kier alpha value is -1.07. The number of halogens is 1. The molecule has 0 spiro atoms. The summed E-state index contributed by atoms with van der Waals surface area (Å²) in [5, 5.41) is 3.36. The normalized spacial score (nSPS) is 18.6. The Labute approximate surface area is 128 Å². The van der Waals surface area contributed by atoms with Gasteiger partial charge in [0.25, 0.3) is 5.91 Å². The van der Waals surface area contributed by atoms with E-state index < -0.39 is 0 Å². The van der Waals surface area contributed by atoms with Crippen molar-refractivity contribution in [2.75, 3.05) is 20.1 Å². The molecular weight excluding hydrogens is 320 g/mol. The van der Waals surface area contributed by atoms with E-state index in [4.69, 9.17) is 4.74 Å². The number of nitrogens with one attached hydrogen (secondary N) is 1. The van der Waals surface area contributed by atoms with Gasteiger partial charge in [0.15, 0.2) is 6.10 Å². The third-order valence-electron chi connectivity index (χ3n) is 3.40. The molecule has 1 aromatic rings. The lowest BCUT2D eigenvalue weighted by atomic mass is 10.2. The van der Waals surface area contributed by atoms with Crippen molar-refractivity contribution >= 4 is 21.8 Å². The quantitative estimate of drug-likeness (QED) is 0.809. The third-order valence-corrected chi connectivity index (χ3v) is 4.02. The van der Waals surface area contributed by atoms with Crippen molar-refractivity contribution < 1.29 is 9.53 Å². The number of nitrogens with zero attached hydrogens (tertiary/aromatic N) is 1. The Morgan fingerprint density at radius 2 is 2.30 bits per heavy atom. The number of likely N-dealkylation sites (N-methyl/N-ethyl adjacent to an activating group) is 1. The van der Waals surface area contributed by atoms with Crippen molar-refractivity contribution in [3.05, 3.63) is 28.2 Å². The molecule has 1 atom stereocenters. The van der Waals surface area contributed by atoms with E-state index in [9.17, 15) is 4.79 Å². The first-order valence-electron chi connectivity index (χ1n) is 7.02. The van der Waals surface area contributed by atoms with Gasteiger partial charge in [0, 0.05) is 26.6 Å². The minimum Gasteiger partial charge on any atom is -0.479 e. The molecule has 1 aromatic carbocycles. The monoisotopic (exact) mass is 340 g/mol. The fourth-order valence-electron chi connectivity index (χ4n) is 2.21. The second-order valence-electron chi connectivity index (χ2n) is 5.10. The lowest BCUT2D eigenvalue weighted by Crippen LogP contribution is -2.29. The fourth-order valence-corrected chi connectivity index (χ4v) is 2.73. The van der Waals surface area contributed by atoms with Gasteiger partial charge in [-0.1, -0.05) is 13.0 Å². The van der Waals surface area contributed by atoms with Crippen LogP contribution in [0.1, 0.15) is 25.3 Å². The molecule has 0 saturated carbocycles. The van der Waals surface area contributed by atoms with E-state index in [0.29, 0.717) is 0 Å². The maximum Gasteiger partial charge on any atom is 0.263 e. The van der Waals surface area contributed by atoms with Crippen LogP contribution in [0.4, 0.5) is 0 Å². The predicted octanol–water partition coefficient (Wildman–Crippen LogP) is 2.56. The summed E-state index contributed by atoms with van der Waals surface area (Å²) < 4.78 is 6.71. The molecule has 1 fully saturated rings. The predicted molar refractivity (Wildman–Crippen MR) is 82.8 cm³/mol. The Kier molecular flexibility index (Phi) is 5.43. The SMILES string of the molecule is CCCNCc1ccc(OC2CCN(C)C2=O)c(Br)c1. The summed E-state index contributed by atoms with van der Waals surface area (Å²) in [6, 6.07) is 6.01. The summed E-state index contributed by atoms with van der Waals surface area (Å²) in [4.78, 5) is 13.5. The number of hydrogen-bond donors (Lipinski definition) is 1. The number of benzene rings is 1. The van der Waals surface area contributed by atoms with Crippen molar-refractivity contribution in [2.24, 2.45) is 0 Å². The number of ether oxygens (including phenoxy) is 1. The number of likely N-dealkylation sites (tertiary alicyclic amines) is 1. The van der Waals surface area contributed by atoms with Crippen LogP contribution < -0.4 is 10.1 Å². The highest BCUT2D eigenvalue weighted by Gasteiger charge is 2.31. The molecule has 0 aromatic heterocycles. The first-order valence-corrected chi connectivity index (χ1v) is 7.82. The number of hydrogen-bond acceptors (Lipinski definition) is 3. The van der Waals surface area contributed by atoms with Gasteiger partial charge in [-0.2, -0.15) is 0 Å². The van der Waals surface area contributed by atoms with Crippen LogP contribution >= 0.6 is 15.9 Å². The minimum atomic E-state index is -0.347. The molecule has 1 N–H and O–H groups in total. The molecule has 2 rings (SSSR count). The third kappa shape index (κ3) is 3.73. The molecule has 1 heterocycles. The van der Waals surface area contributed by atoms with Gasteiger partial charge in [0.2, 0.25) is 0 Å². The lowest BCUT2D eigenvalue weighted by Gasteiger charge is -2.15. The van der Waals surface area contributed by atoms with Crippen LogP contribution in [0.3, 0.4) is 0 Å². The second kappa shape index (κ2) is 7.09. The average Bonchev–Trinajstić information content (AvgIpc) is 2.74. The summed E-state index contributed by atoms with van der Waals surface area (Å²) in [5.41, 5.74) is 1.20. The molecule has 1 saturated heterocycles. The van der Waals surface area contributed by atoms with Crippen LogP contribution in [-0.2, 0) is 11.3 Å². The van der Waals surface area contributed by atoms with Gasteiger partial charge in [-0.05, 0) is 46.6 Å². The topological polar surface area (TPSA) is 41.6 Å². The zero-order valence-corrected chi connectivity index (χ0v) is 13.6. The first-order chi connectivity index (χ1) is 9.61. The van der Waals surface area contributed by atoms with E-state index in [1.807, 2.05) is 25.2 Å². The molecule has 1 unspecified atom stereocenters. The summed E-state index contributed by atoms with van der Waals surface area (Å²) in [6.07, 6.45) is 1.53. The summed E-state index contributed by atoms with van der Waals surface area (Å²) >= 11 is 3.52. The molecule has 0 aliphatic carbocycles. The molecule has 0 radical (unpaired) electrons. The summed E-state index contributed by atoms with van der Waals surface area (Å²) in [7, 11) is 1.81. The minimum absolute atomic E-state index is 0.0607. The van der Waals surface area contributed by atoms with E-state index >= 15 is 0 Å². The second-order valence-corrected chi connectivity index (χ2v) is 5.95. The molecule has 4 nitrogen and oxygen atoms in total. The highest BCUT2D eigenvalue weighted by atomic mass is 79.9. The van der Waals surface area contributed by atoms with Gasteiger partial charge in [0.05, 0.1) is 4.47 Å². The van der Waals surface area contributed by atoms with Gasteiger partial charge < -0.3 is 15.0 Å². The average molecular weight is 341 g/mol. The van der Waals surface area contributed by atoms with Crippen molar-refractivity contribution in [1.29, 1.82) is 0 Å². The van der Waals surface area contributed by atoms with Crippen LogP contribution in [0.5, 0.6) is 5.75 Å². The van der Waals surface area contributed by atoms with E-state index in [1.54, 1.807) is 4.90 Å².